The van der Waals surface area contributed by atoms with E-state index in [-0.39, 0.29) is 6.04 Å². The van der Waals surface area contributed by atoms with E-state index >= 15 is 0 Å². The van der Waals surface area contributed by atoms with Gasteiger partial charge in [-0.15, -0.1) is 11.3 Å². The number of fused-ring (bicyclic) bond motifs is 1. The minimum absolute atomic E-state index is 0.217. The summed E-state index contributed by atoms with van der Waals surface area (Å²) < 4.78 is 6.01. The molecule has 1 aromatic rings. The lowest BCUT2D eigenvalue weighted by molar-refractivity contribution is -0.106. The van der Waals surface area contributed by atoms with E-state index in [1.54, 1.807) is 0 Å². The second kappa shape index (κ2) is 6.56. The molecule has 1 aliphatic carbocycles. The van der Waals surface area contributed by atoms with Crippen molar-refractivity contribution in [1.29, 1.82) is 0 Å². The molecule has 112 valence electrons. The molecule has 0 amide bonds. The zero-order valence-corrected chi connectivity index (χ0v) is 13.1. The third-order valence-electron chi connectivity index (χ3n) is 4.84. The number of rotatable bonds is 4. The second-order valence-corrected chi connectivity index (χ2v) is 7.01. The Balaban J connectivity index is 1.85. The van der Waals surface area contributed by atoms with E-state index in [1.165, 1.54) is 30.6 Å². The molecular formula is C16H26N2OS. The predicted molar refractivity (Wildman–Crippen MR) is 84.0 cm³/mol. The van der Waals surface area contributed by atoms with E-state index in [0.717, 1.165) is 19.6 Å². The molecular weight excluding hydrogens is 268 g/mol. The molecule has 20 heavy (non-hydrogen) atoms. The summed E-state index contributed by atoms with van der Waals surface area (Å²) in [7, 11) is 0. The molecule has 2 heterocycles. The summed E-state index contributed by atoms with van der Waals surface area (Å²) in [6, 6.07) is 5.55. The van der Waals surface area contributed by atoms with Crippen LogP contribution < -0.4 is 5.73 Å². The van der Waals surface area contributed by atoms with Crippen LogP contribution in [0.4, 0.5) is 0 Å². The Morgan fingerprint density at radius 3 is 3.05 bits per heavy atom. The van der Waals surface area contributed by atoms with Crippen LogP contribution in [-0.2, 0) is 4.74 Å². The molecule has 4 unspecified atom stereocenters. The first-order chi connectivity index (χ1) is 9.81. The lowest BCUT2D eigenvalue weighted by Crippen LogP contribution is -2.56. The quantitative estimate of drug-likeness (QED) is 0.927. The van der Waals surface area contributed by atoms with Crippen LogP contribution in [0, 0.1) is 0 Å². The largest absolute Gasteiger partial charge is 0.375 e. The molecule has 2 aliphatic rings. The van der Waals surface area contributed by atoms with Gasteiger partial charge in [-0.3, -0.25) is 4.90 Å². The number of thiophene rings is 1. The minimum Gasteiger partial charge on any atom is -0.375 e. The number of ether oxygens (including phenoxy) is 1. The van der Waals surface area contributed by atoms with Crippen molar-refractivity contribution < 1.29 is 4.74 Å². The molecule has 0 aromatic carbocycles. The molecule has 1 saturated carbocycles. The lowest BCUT2D eigenvalue weighted by atomic mass is 9.87. The summed E-state index contributed by atoms with van der Waals surface area (Å²) in [5.74, 6) is 0. The van der Waals surface area contributed by atoms with Crippen LogP contribution in [0.25, 0.3) is 0 Å². The number of nitrogens with zero attached hydrogens (tertiary/aromatic N) is 1. The monoisotopic (exact) mass is 294 g/mol. The molecule has 4 atom stereocenters. The van der Waals surface area contributed by atoms with Gasteiger partial charge in [-0.05, 0) is 30.7 Å². The SMILES string of the molecule is CCC(N)C(c1cccs1)N1CCOC2CCCCC21. The van der Waals surface area contributed by atoms with Gasteiger partial charge in [-0.1, -0.05) is 25.8 Å². The van der Waals surface area contributed by atoms with Gasteiger partial charge >= 0.3 is 0 Å². The highest BCUT2D eigenvalue weighted by Crippen LogP contribution is 2.37. The fraction of sp³-hybridized carbons (Fsp3) is 0.750. The molecule has 2 N–H and O–H groups in total. The summed E-state index contributed by atoms with van der Waals surface area (Å²) in [6.45, 7) is 4.08. The topological polar surface area (TPSA) is 38.5 Å². The van der Waals surface area contributed by atoms with Gasteiger partial charge < -0.3 is 10.5 Å². The summed E-state index contributed by atoms with van der Waals surface area (Å²) in [5, 5.41) is 2.17. The molecule has 0 radical (unpaired) electrons. The van der Waals surface area contributed by atoms with Gasteiger partial charge in [0, 0.05) is 23.5 Å². The van der Waals surface area contributed by atoms with Crippen molar-refractivity contribution in [2.75, 3.05) is 13.2 Å². The summed E-state index contributed by atoms with van der Waals surface area (Å²) in [6.07, 6.45) is 6.60. The van der Waals surface area contributed by atoms with E-state index in [4.69, 9.17) is 10.5 Å². The first-order valence-corrected chi connectivity index (χ1v) is 8.85. The number of hydrogen-bond acceptors (Lipinski definition) is 4. The maximum absolute atomic E-state index is 6.49. The Morgan fingerprint density at radius 1 is 1.45 bits per heavy atom. The van der Waals surface area contributed by atoms with E-state index in [9.17, 15) is 0 Å². The fourth-order valence-corrected chi connectivity index (χ4v) is 4.70. The van der Waals surface area contributed by atoms with Gasteiger partial charge in [-0.2, -0.15) is 0 Å². The van der Waals surface area contributed by atoms with Crippen LogP contribution in [0.1, 0.15) is 49.9 Å². The van der Waals surface area contributed by atoms with Crippen molar-refractivity contribution in [3.8, 4) is 0 Å². The van der Waals surface area contributed by atoms with Crippen molar-refractivity contribution >= 4 is 11.3 Å². The molecule has 1 aliphatic heterocycles. The molecule has 2 fully saturated rings. The third kappa shape index (κ3) is 2.80. The van der Waals surface area contributed by atoms with Crippen LogP contribution in [-0.4, -0.2) is 36.2 Å². The van der Waals surface area contributed by atoms with Gasteiger partial charge in [-0.25, -0.2) is 0 Å². The van der Waals surface area contributed by atoms with Gasteiger partial charge in [0.2, 0.25) is 0 Å². The van der Waals surface area contributed by atoms with Crippen molar-refractivity contribution in [1.82, 2.24) is 4.90 Å². The minimum atomic E-state index is 0.217. The molecule has 1 aromatic heterocycles. The Morgan fingerprint density at radius 2 is 2.30 bits per heavy atom. The van der Waals surface area contributed by atoms with Gasteiger partial charge in [0.05, 0.1) is 18.8 Å². The zero-order valence-electron chi connectivity index (χ0n) is 12.3. The molecule has 3 nitrogen and oxygen atoms in total. The lowest BCUT2D eigenvalue weighted by Gasteiger charge is -2.48. The smallest absolute Gasteiger partial charge is 0.0731 e. The number of hydrogen-bond donors (Lipinski definition) is 1. The average Bonchev–Trinajstić information content (AvgIpc) is 3.01. The fourth-order valence-electron chi connectivity index (χ4n) is 3.77. The van der Waals surface area contributed by atoms with Gasteiger partial charge in [0.1, 0.15) is 0 Å². The summed E-state index contributed by atoms with van der Waals surface area (Å²) in [4.78, 5) is 4.08. The molecule has 0 spiro atoms. The first kappa shape index (κ1) is 14.5. The highest BCUT2D eigenvalue weighted by molar-refractivity contribution is 7.10. The number of nitrogens with two attached hydrogens (primary N) is 1. The Hall–Kier alpha value is -0.420. The van der Waals surface area contributed by atoms with Crippen LogP contribution in [0.5, 0.6) is 0 Å². The first-order valence-electron chi connectivity index (χ1n) is 7.97. The highest BCUT2D eigenvalue weighted by atomic mass is 32.1. The molecule has 0 bridgehead atoms. The summed E-state index contributed by atoms with van der Waals surface area (Å²) in [5.41, 5.74) is 6.49. The van der Waals surface area contributed by atoms with Gasteiger partial charge in [0.25, 0.3) is 0 Å². The van der Waals surface area contributed by atoms with Crippen LogP contribution in [0.3, 0.4) is 0 Å². The maximum Gasteiger partial charge on any atom is 0.0731 e. The molecule has 3 rings (SSSR count). The number of morpholine rings is 1. The predicted octanol–water partition coefficient (Wildman–Crippen LogP) is 3.17. The Kier molecular flexibility index (Phi) is 4.76. The van der Waals surface area contributed by atoms with Crippen LogP contribution in [0.15, 0.2) is 17.5 Å². The maximum atomic E-state index is 6.49. The van der Waals surface area contributed by atoms with Crippen LogP contribution >= 0.6 is 11.3 Å². The summed E-state index contributed by atoms with van der Waals surface area (Å²) >= 11 is 1.85. The van der Waals surface area contributed by atoms with Crippen molar-refractivity contribution in [2.24, 2.45) is 5.73 Å². The van der Waals surface area contributed by atoms with Crippen molar-refractivity contribution in [3.05, 3.63) is 22.4 Å². The van der Waals surface area contributed by atoms with E-state index in [0.29, 0.717) is 18.2 Å². The van der Waals surface area contributed by atoms with Crippen molar-refractivity contribution in [3.63, 3.8) is 0 Å². The van der Waals surface area contributed by atoms with E-state index in [2.05, 4.69) is 29.3 Å². The van der Waals surface area contributed by atoms with Crippen LogP contribution in [0.2, 0.25) is 0 Å². The normalized spacial score (nSPS) is 30.7. The van der Waals surface area contributed by atoms with Crippen molar-refractivity contribution in [2.45, 2.75) is 63.3 Å². The third-order valence-corrected chi connectivity index (χ3v) is 5.79. The van der Waals surface area contributed by atoms with E-state index in [1.807, 2.05) is 11.3 Å². The molecule has 4 heteroatoms. The standard InChI is InChI=1S/C16H26N2OS/c1-2-12(17)16(15-8-5-11-20-15)18-9-10-19-14-7-4-3-6-13(14)18/h5,8,11-14,16H,2-4,6-7,9-10,17H2,1H3. The molecule has 1 saturated heterocycles. The van der Waals surface area contributed by atoms with Gasteiger partial charge in [0.15, 0.2) is 0 Å². The van der Waals surface area contributed by atoms with E-state index < -0.39 is 0 Å². The Bertz CT molecular complexity index is 407. The zero-order chi connectivity index (χ0) is 13.9. The second-order valence-electron chi connectivity index (χ2n) is 6.03. The average molecular weight is 294 g/mol. The highest BCUT2D eigenvalue weighted by Gasteiger charge is 2.39. The Labute approximate surface area is 126 Å².